The SMILES string of the molecule is CC(C)OC1CCN(C(=O)CNC(=O)[C@H](Cc2ccccn2)NC(=O)/C=C/c2ccc(Cl)cc2)CC1. The van der Waals surface area contributed by atoms with E-state index in [0.717, 1.165) is 18.4 Å². The Kier molecular flexibility index (Phi) is 10.5. The van der Waals surface area contributed by atoms with Crippen LogP contribution in [0.25, 0.3) is 6.08 Å². The standard InChI is InChI=1S/C27H33ClN4O4/c1-19(2)36-23-12-15-32(16-13-23)26(34)18-30-27(35)24(17-22-5-3-4-14-29-22)31-25(33)11-8-20-6-9-21(28)10-7-20/h3-11,14,19,23-24H,12-13,15-18H2,1-2H3,(H,30,35)(H,31,33)/b11-8+/t24-/m0/s1. The van der Waals surface area contributed by atoms with Crippen LogP contribution < -0.4 is 10.6 Å². The van der Waals surface area contributed by atoms with Crippen molar-refractivity contribution in [1.29, 1.82) is 0 Å². The number of nitrogens with one attached hydrogen (secondary N) is 2. The van der Waals surface area contributed by atoms with Crippen LogP contribution in [0.2, 0.25) is 5.02 Å². The fraction of sp³-hybridized carbons (Fsp3) is 0.407. The minimum atomic E-state index is -0.889. The molecule has 1 atom stereocenters. The molecule has 1 aliphatic heterocycles. The summed E-state index contributed by atoms with van der Waals surface area (Å²) in [6.45, 7) is 5.05. The zero-order valence-corrected chi connectivity index (χ0v) is 21.4. The van der Waals surface area contributed by atoms with E-state index < -0.39 is 17.9 Å². The zero-order valence-electron chi connectivity index (χ0n) is 20.7. The molecule has 3 amide bonds. The van der Waals surface area contributed by atoms with Gasteiger partial charge in [0.25, 0.3) is 0 Å². The van der Waals surface area contributed by atoms with E-state index in [-0.39, 0.29) is 31.1 Å². The van der Waals surface area contributed by atoms with Gasteiger partial charge in [0.15, 0.2) is 0 Å². The lowest BCUT2D eigenvalue weighted by Gasteiger charge is -2.33. The summed E-state index contributed by atoms with van der Waals surface area (Å²) in [4.78, 5) is 44.2. The predicted molar refractivity (Wildman–Crippen MR) is 139 cm³/mol. The van der Waals surface area contributed by atoms with Crippen molar-refractivity contribution in [2.45, 2.75) is 51.4 Å². The number of hydrogen-bond donors (Lipinski definition) is 2. The Morgan fingerprint density at radius 1 is 1.14 bits per heavy atom. The van der Waals surface area contributed by atoms with Crippen molar-refractivity contribution < 1.29 is 19.1 Å². The van der Waals surface area contributed by atoms with E-state index in [1.165, 1.54) is 6.08 Å². The first-order valence-corrected chi connectivity index (χ1v) is 12.5. The van der Waals surface area contributed by atoms with Gasteiger partial charge in [0.05, 0.1) is 18.8 Å². The Bertz CT molecular complexity index is 1040. The van der Waals surface area contributed by atoms with Crippen molar-refractivity contribution in [2.75, 3.05) is 19.6 Å². The number of aromatic nitrogens is 1. The van der Waals surface area contributed by atoms with Gasteiger partial charge < -0.3 is 20.3 Å². The Hall–Kier alpha value is -3.23. The number of pyridine rings is 1. The summed E-state index contributed by atoms with van der Waals surface area (Å²) in [6.07, 6.45) is 6.67. The fourth-order valence-electron chi connectivity index (χ4n) is 3.93. The quantitative estimate of drug-likeness (QED) is 0.477. The van der Waals surface area contributed by atoms with Crippen LogP contribution in [0.1, 0.15) is 37.9 Å². The van der Waals surface area contributed by atoms with Crippen molar-refractivity contribution in [3.63, 3.8) is 0 Å². The third-order valence-corrected chi connectivity index (χ3v) is 5.99. The average Bonchev–Trinajstić information content (AvgIpc) is 2.87. The van der Waals surface area contributed by atoms with Gasteiger partial charge in [-0.1, -0.05) is 29.8 Å². The summed E-state index contributed by atoms with van der Waals surface area (Å²) in [5.74, 6) is -1.03. The normalized spacial score (nSPS) is 15.2. The summed E-state index contributed by atoms with van der Waals surface area (Å²) in [7, 11) is 0. The number of amides is 3. The first-order chi connectivity index (χ1) is 17.3. The number of likely N-dealkylation sites (tertiary alicyclic amines) is 1. The van der Waals surface area contributed by atoms with Gasteiger partial charge in [0, 0.05) is 42.5 Å². The minimum Gasteiger partial charge on any atom is -0.375 e. The third-order valence-electron chi connectivity index (χ3n) is 5.74. The average molecular weight is 513 g/mol. The monoisotopic (exact) mass is 512 g/mol. The molecule has 1 aliphatic rings. The number of carbonyl (C=O) groups excluding carboxylic acids is 3. The summed E-state index contributed by atoms with van der Waals surface area (Å²) in [5.41, 5.74) is 1.45. The van der Waals surface area contributed by atoms with Crippen LogP contribution in [0.15, 0.2) is 54.7 Å². The molecule has 0 bridgehead atoms. The summed E-state index contributed by atoms with van der Waals surface area (Å²) in [6, 6.07) is 11.5. The lowest BCUT2D eigenvalue weighted by Crippen LogP contribution is -2.51. The van der Waals surface area contributed by atoms with E-state index >= 15 is 0 Å². The molecule has 9 heteroatoms. The minimum absolute atomic E-state index is 0.135. The number of ether oxygens (including phenoxy) is 1. The molecule has 0 unspecified atom stereocenters. The first kappa shape index (κ1) is 27.4. The highest BCUT2D eigenvalue weighted by molar-refractivity contribution is 6.30. The van der Waals surface area contributed by atoms with Gasteiger partial charge in [-0.05, 0) is 62.6 Å². The molecule has 0 aliphatic carbocycles. The van der Waals surface area contributed by atoms with Gasteiger partial charge in [-0.2, -0.15) is 0 Å². The summed E-state index contributed by atoms with van der Waals surface area (Å²) < 4.78 is 5.83. The molecule has 1 aromatic carbocycles. The Balaban J connectivity index is 1.56. The molecule has 0 radical (unpaired) electrons. The third kappa shape index (κ3) is 9.09. The van der Waals surface area contributed by atoms with Crippen molar-refractivity contribution in [1.82, 2.24) is 20.5 Å². The number of piperidine rings is 1. The number of rotatable bonds is 10. The molecule has 0 spiro atoms. The van der Waals surface area contributed by atoms with Crippen LogP contribution in [-0.2, 0) is 25.5 Å². The smallest absolute Gasteiger partial charge is 0.244 e. The second-order valence-electron chi connectivity index (χ2n) is 8.95. The molecule has 0 saturated carbocycles. The number of carbonyl (C=O) groups is 3. The van der Waals surface area contributed by atoms with E-state index in [9.17, 15) is 14.4 Å². The van der Waals surface area contributed by atoms with E-state index in [0.29, 0.717) is 23.8 Å². The molecule has 2 heterocycles. The van der Waals surface area contributed by atoms with Crippen molar-refractivity contribution in [3.05, 3.63) is 71.0 Å². The first-order valence-electron chi connectivity index (χ1n) is 12.1. The molecule has 36 heavy (non-hydrogen) atoms. The molecule has 3 rings (SSSR count). The molecule has 1 saturated heterocycles. The molecular weight excluding hydrogens is 480 g/mol. The van der Waals surface area contributed by atoms with Gasteiger partial charge in [-0.3, -0.25) is 19.4 Å². The molecule has 2 N–H and O–H groups in total. The van der Waals surface area contributed by atoms with Gasteiger partial charge in [0.1, 0.15) is 6.04 Å². The molecule has 1 fully saturated rings. The topological polar surface area (TPSA) is 101 Å². The van der Waals surface area contributed by atoms with Crippen LogP contribution >= 0.6 is 11.6 Å². The Labute approximate surface area is 217 Å². The number of hydrogen-bond acceptors (Lipinski definition) is 5. The van der Waals surface area contributed by atoms with Crippen LogP contribution in [0.4, 0.5) is 0 Å². The van der Waals surface area contributed by atoms with Crippen LogP contribution in [-0.4, -0.2) is 65.5 Å². The molecular formula is C27H33ClN4O4. The van der Waals surface area contributed by atoms with Gasteiger partial charge in [-0.15, -0.1) is 0 Å². The zero-order chi connectivity index (χ0) is 25.9. The summed E-state index contributed by atoms with van der Waals surface area (Å²) in [5, 5.41) is 6.02. The molecule has 8 nitrogen and oxygen atoms in total. The molecule has 192 valence electrons. The van der Waals surface area contributed by atoms with Crippen LogP contribution in [0, 0.1) is 0 Å². The lowest BCUT2D eigenvalue weighted by molar-refractivity contribution is -0.136. The van der Waals surface area contributed by atoms with Crippen molar-refractivity contribution >= 4 is 35.4 Å². The van der Waals surface area contributed by atoms with E-state index in [4.69, 9.17) is 16.3 Å². The van der Waals surface area contributed by atoms with Crippen LogP contribution in [0.3, 0.4) is 0 Å². The van der Waals surface area contributed by atoms with Gasteiger partial charge in [-0.25, -0.2) is 0 Å². The van der Waals surface area contributed by atoms with E-state index in [1.807, 2.05) is 19.9 Å². The maximum atomic E-state index is 13.0. The number of nitrogens with zero attached hydrogens (tertiary/aromatic N) is 2. The molecule has 1 aromatic heterocycles. The van der Waals surface area contributed by atoms with Crippen molar-refractivity contribution in [2.24, 2.45) is 0 Å². The van der Waals surface area contributed by atoms with Gasteiger partial charge in [0.2, 0.25) is 17.7 Å². The Morgan fingerprint density at radius 2 is 1.86 bits per heavy atom. The second kappa shape index (κ2) is 13.8. The molecule has 2 aromatic rings. The van der Waals surface area contributed by atoms with Gasteiger partial charge >= 0.3 is 0 Å². The van der Waals surface area contributed by atoms with E-state index in [1.54, 1.807) is 53.6 Å². The highest BCUT2D eigenvalue weighted by atomic mass is 35.5. The maximum absolute atomic E-state index is 13.0. The lowest BCUT2D eigenvalue weighted by atomic mass is 10.1. The highest BCUT2D eigenvalue weighted by Crippen LogP contribution is 2.15. The largest absolute Gasteiger partial charge is 0.375 e. The van der Waals surface area contributed by atoms with Crippen LogP contribution in [0.5, 0.6) is 0 Å². The fourth-order valence-corrected chi connectivity index (χ4v) is 4.05. The van der Waals surface area contributed by atoms with Crippen molar-refractivity contribution in [3.8, 4) is 0 Å². The summed E-state index contributed by atoms with van der Waals surface area (Å²) >= 11 is 5.89. The van der Waals surface area contributed by atoms with E-state index in [2.05, 4.69) is 15.6 Å². The Morgan fingerprint density at radius 3 is 2.50 bits per heavy atom. The maximum Gasteiger partial charge on any atom is 0.244 e. The number of halogens is 1. The number of benzene rings is 1. The highest BCUT2D eigenvalue weighted by Gasteiger charge is 2.26. The predicted octanol–water partition coefficient (Wildman–Crippen LogP) is 3.01. The second-order valence-corrected chi connectivity index (χ2v) is 9.39.